The van der Waals surface area contributed by atoms with E-state index in [-0.39, 0.29) is 17.5 Å². The van der Waals surface area contributed by atoms with Crippen LogP contribution in [0.25, 0.3) is 0 Å². The SMILES string of the molecule is Cc1ccc(NC(=O)c2ccc3c(c2)CCC(=O)N3)cc1[N+](=O)[O-]. The number of hydrogen-bond acceptors (Lipinski definition) is 4. The van der Waals surface area contributed by atoms with Gasteiger partial charge < -0.3 is 10.6 Å². The van der Waals surface area contributed by atoms with Gasteiger partial charge >= 0.3 is 0 Å². The normalized spacial score (nSPS) is 13.0. The number of carbonyl (C=O) groups is 2. The van der Waals surface area contributed by atoms with Crippen molar-refractivity contribution in [3.05, 3.63) is 63.2 Å². The van der Waals surface area contributed by atoms with Crippen molar-refractivity contribution in [1.82, 2.24) is 0 Å². The van der Waals surface area contributed by atoms with E-state index in [2.05, 4.69) is 10.6 Å². The molecule has 24 heavy (non-hydrogen) atoms. The predicted molar refractivity (Wildman–Crippen MR) is 89.2 cm³/mol. The van der Waals surface area contributed by atoms with E-state index in [4.69, 9.17) is 0 Å². The van der Waals surface area contributed by atoms with Crippen LogP contribution in [-0.2, 0) is 11.2 Å². The molecule has 0 bridgehead atoms. The first-order valence-electron chi connectivity index (χ1n) is 7.43. The van der Waals surface area contributed by atoms with Gasteiger partial charge in [-0.3, -0.25) is 19.7 Å². The van der Waals surface area contributed by atoms with Crippen molar-refractivity contribution in [3.8, 4) is 0 Å². The number of fused-ring (bicyclic) bond motifs is 1. The van der Waals surface area contributed by atoms with E-state index in [1.54, 1.807) is 37.3 Å². The molecule has 0 spiro atoms. The molecule has 0 atom stereocenters. The highest BCUT2D eigenvalue weighted by atomic mass is 16.6. The Morgan fingerprint density at radius 3 is 2.75 bits per heavy atom. The molecule has 0 fully saturated rings. The number of aryl methyl sites for hydroxylation is 2. The number of nitro benzene ring substituents is 1. The Bertz CT molecular complexity index is 861. The zero-order valence-electron chi connectivity index (χ0n) is 13.0. The maximum absolute atomic E-state index is 12.4. The first kappa shape index (κ1) is 15.7. The van der Waals surface area contributed by atoms with E-state index < -0.39 is 4.92 Å². The van der Waals surface area contributed by atoms with E-state index >= 15 is 0 Å². The van der Waals surface area contributed by atoms with Gasteiger partial charge in [-0.25, -0.2) is 0 Å². The Labute approximate surface area is 137 Å². The summed E-state index contributed by atoms with van der Waals surface area (Å²) in [5.74, 6) is -0.389. The summed E-state index contributed by atoms with van der Waals surface area (Å²) in [6.07, 6.45) is 0.973. The first-order chi connectivity index (χ1) is 11.4. The fourth-order valence-electron chi connectivity index (χ4n) is 2.61. The fraction of sp³-hybridized carbons (Fsp3) is 0.176. The van der Waals surface area contributed by atoms with Gasteiger partial charge in [-0.2, -0.15) is 0 Å². The summed E-state index contributed by atoms with van der Waals surface area (Å²) in [6, 6.07) is 9.59. The number of nitro groups is 1. The molecule has 1 heterocycles. The second-order valence-corrected chi connectivity index (χ2v) is 5.63. The molecule has 1 aliphatic rings. The highest BCUT2D eigenvalue weighted by Crippen LogP contribution is 2.25. The second kappa shape index (κ2) is 6.11. The smallest absolute Gasteiger partial charge is 0.274 e. The van der Waals surface area contributed by atoms with Crippen molar-refractivity contribution < 1.29 is 14.5 Å². The van der Waals surface area contributed by atoms with Crippen molar-refractivity contribution >= 4 is 28.9 Å². The third-order valence-electron chi connectivity index (χ3n) is 3.93. The lowest BCUT2D eigenvalue weighted by atomic mass is 10.00. The molecular formula is C17H15N3O4. The van der Waals surface area contributed by atoms with Crippen molar-refractivity contribution in [2.24, 2.45) is 0 Å². The fourth-order valence-corrected chi connectivity index (χ4v) is 2.61. The molecule has 7 heteroatoms. The van der Waals surface area contributed by atoms with Crippen LogP contribution in [0.15, 0.2) is 36.4 Å². The summed E-state index contributed by atoms with van der Waals surface area (Å²) in [7, 11) is 0. The van der Waals surface area contributed by atoms with Gasteiger partial charge in [0.15, 0.2) is 0 Å². The van der Waals surface area contributed by atoms with E-state index in [0.717, 1.165) is 5.56 Å². The predicted octanol–water partition coefficient (Wildman–Crippen LogP) is 3.04. The van der Waals surface area contributed by atoms with Crippen LogP contribution in [-0.4, -0.2) is 16.7 Å². The van der Waals surface area contributed by atoms with Gasteiger partial charge in [-0.15, -0.1) is 0 Å². The largest absolute Gasteiger partial charge is 0.326 e. The topological polar surface area (TPSA) is 101 Å². The van der Waals surface area contributed by atoms with E-state index in [0.29, 0.717) is 35.3 Å². The molecule has 0 aliphatic carbocycles. The van der Waals surface area contributed by atoms with Gasteiger partial charge in [0, 0.05) is 35.0 Å². The lowest BCUT2D eigenvalue weighted by molar-refractivity contribution is -0.385. The van der Waals surface area contributed by atoms with Crippen LogP contribution in [0.3, 0.4) is 0 Å². The molecule has 0 radical (unpaired) electrons. The molecule has 7 nitrogen and oxygen atoms in total. The van der Waals surface area contributed by atoms with Gasteiger partial charge in [0.1, 0.15) is 0 Å². The lowest BCUT2D eigenvalue weighted by Gasteiger charge is -2.17. The molecule has 0 unspecified atom stereocenters. The minimum absolute atomic E-state index is 0.0355. The zero-order chi connectivity index (χ0) is 17.3. The standard InChI is InChI=1S/C17H15N3O4/c1-10-2-5-13(9-15(10)20(23)24)18-17(22)12-3-6-14-11(8-12)4-7-16(21)19-14/h2-3,5-6,8-9H,4,7H2,1H3,(H,18,22)(H,19,21). The molecule has 2 amide bonds. The monoisotopic (exact) mass is 325 g/mol. The first-order valence-corrected chi connectivity index (χ1v) is 7.43. The molecule has 122 valence electrons. The maximum Gasteiger partial charge on any atom is 0.274 e. The van der Waals surface area contributed by atoms with Crippen LogP contribution >= 0.6 is 0 Å². The van der Waals surface area contributed by atoms with Crippen LogP contribution in [0, 0.1) is 17.0 Å². The number of carbonyl (C=O) groups excluding carboxylic acids is 2. The zero-order valence-corrected chi connectivity index (χ0v) is 13.0. The number of nitrogens with one attached hydrogen (secondary N) is 2. The molecular weight excluding hydrogens is 310 g/mol. The third-order valence-corrected chi connectivity index (χ3v) is 3.93. The quantitative estimate of drug-likeness (QED) is 0.669. The number of hydrogen-bond donors (Lipinski definition) is 2. The molecule has 3 rings (SSSR count). The van der Waals surface area contributed by atoms with Crippen molar-refractivity contribution in [3.63, 3.8) is 0 Å². The maximum atomic E-state index is 12.4. The number of nitrogens with zero attached hydrogens (tertiary/aromatic N) is 1. The Kier molecular flexibility index (Phi) is 3.99. The molecule has 0 aromatic heterocycles. The summed E-state index contributed by atoms with van der Waals surface area (Å²) in [5, 5.41) is 16.4. The molecule has 1 aliphatic heterocycles. The lowest BCUT2D eigenvalue weighted by Crippen LogP contribution is -2.20. The number of anilines is 2. The summed E-state index contributed by atoms with van der Waals surface area (Å²) < 4.78 is 0. The van der Waals surface area contributed by atoms with Crippen molar-refractivity contribution in [2.45, 2.75) is 19.8 Å². The van der Waals surface area contributed by atoms with Gasteiger partial charge in [0.25, 0.3) is 11.6 Å². The highest BCUT2D eigenvalue weighted by Gasteiger charge is 2.17. The van der Waals surface area contributed by atoms with E-state index in [1.807, 2.05) is 0 Å². The van der Waals surface area contributed by atoms with E-state index in [9.17, 15) is 19.7 Å². The van der Waals surface area contributed by atoms with E-state index in [1.165, 1.54) is 6.07 Å². The molecule has 0 saturated heterocycles. The van der Waals surface area contributed by atoms with Gasteiger partial charge in [-0.1, -0.05) is 6.07 Å². The van der Waals surface area contributed by atoms with Crippen LogP contribution in [0.5, 0.6) is 0 Å². The Hall–Kier alpha value is -3.22. The minimum Gasteiger partial charge on any atom is -0.326 e. The average Bonchev–Trinajstić information content (AvgIpc) is 2.55. The summed E-state index contributed by atoms with van der Waals surface area (Å²) in [6.45, 7) is 1.64. The third kappa shape index (κ3) is 3.10. The van der Waals surface area contributed by atoms with Crippen LogP contribution in [0.4, 0.5) is 17.1 Å². The highest BCUT2D eigenvalue weighted by molar-refractivity contribution is 6.05. The number of rotatable bonds is 3. The van der Waals surface area contributed by atoms with Crippen LogP contribution in [0.1, 0.15) is 27.9 Å². The molecule has 2 aromatic carbocycles. The summed E-state index contributed by atoms with van der Waals surface area (Å²) in [5.41, 5.74) is 2.91. The summed E-state index contributed by atoms with van der Waals surface area (Å²) >= 11 is 0. The average molecular weight is 325 g/mol. The Morgan fingerprint density at radius 1 is 1.21 bits per heavy atom. The van der Waals surface area contributed by atoms with Gasteiger partial charge in [0.2, 0.25) is 5.91 Å². The van der Waals surface area contributed by atoms with Crippen LogP contribution < -0.4 is 10.6 Å². The van der Waals surface area contributed by atoms with Gasteiger partial charge in [-0.05, 0) is 43.2 Å². The minimum atomic E-state index is -0.480. The Balaban J connectivity index is 1.82. The van der Waals surface area contributed by atoms with Crippen LogP contribution in [0.2, 0.25) is 0 Å². The Morgan fingerprint density at radius 2 is 2.00 bits per heavy atom. The molecule has 2 N–H and O–H groups in total. The molecule has 2 aromatic rings. The molecule has 0 saturated carbocycles. The number of benzene rings is 2. The van der Waals surface area contributed by atoms with Crippen molar-refractivity contribution in [2.75, 3.05) is 10.6 Å². The van der Waals surface area contributed by atoms with Crippen molar-refractivity contribution in [1.29, 1.82) is 0 Å². The summed E-state index contributed by atoms with van der Waals surface area (Å²) in [4.78, 5) is 34.2. The second-order valence-electron chi connectivity index (χ2n) is 5.63. The number of amides is 2. The van der Waals surface area contributed by atoms with Gasteiger partial charge in [0.05, 0.1) is 4.92 Å².